The summed E-state index contributed by atoms with van der Waals surface area (Å²) in [5, 5.41) is 2.39. The molecule has 1 atom stereocenters. The van der Waals surface area contributed by atoms with E-state index in [0.717, 1.165) is 18.2 Å². The van der Waals surface area contributed by atoms with E-state index in [1.54, 1.807) is 6.92 Å². The van der Waals surface area contributed by atoms with E-state index in [1.807, 2.05) is 0 Å². The molecule has 0 bridgehead atoms. The monoisotopic (exact) mass is 499 g/mol. The molecule has 0 fully saturated rings. The zero-order chi connectivity index (χ0) is 24.7. The number of hydrogen-bond acceptors (Lipinski definition) is 6. The molecule has 1 aromatic carbocycles. The Labute approximate surface area is 196 Å². The number of nitrogens with zero attached hydrogens (tertiary/aromatic N) is 4. The molecule has 0 amide bonds. The molecule has 0 saturated heterocycles. The van der Waals surface area contributed by atoms with Crippen molar-refractivity contribution in [3.63, 3.8) is 0 Å². The summed E-state index contributed by atoms with van der Waals surface area (Å²) in [6.07, 6.45) is -7.24. The van der Waals surface area contributed by atoms with E-state index in [2.05, 4.69) is 32.9 Å². The normalized spacial score (nSPS) is 16.7. The van der Waals surface area contributed by atoms with Gasteiger partial charge in [-0.1, -0.05) is 0 Å². The van der Waals surface area contributed by atoms with Crippen LogP contribution in [0.2, 0.25) is 0 Å². The second kappa shape index (κ2) is 8.97. The van der Waals surface area contributed by atoms with Crippen molar-refractivity contribution in [1.29, 1.82) is 0 Å². The lowest BCUT2D eigenvalue weighted by atomic mass is 10.1. The largest absolute Gasteiger partial charge is 0.419 e. The van der Waals surface area contributed by atoms with Gasteiger partial charge in [0.2, 0.25) is 0 Å². The molecular formula is C22H19F6N5S. The van der Waals surface area contributed by atoms with Gasteiger partial charge in [-0.3, -0.25) is 0 Å². The first-order valence-corrected chi connectivity index (χ1v) is 10.7. The number of hydrogen-bond donors (Lipinski definition) is 2. The molecule has 3 aromatic rings. The maximum atomic E-state index is 13.6. The third kappa shape index (κ3) is 5.06. The number of benzene rings is 1. The molecule has 12 heteroatoms. The summed E-state index contributed by atoms with van der Waals surface area (Å²) in [7, 11) is 0. The summed E-state index contributed by atoms with van der Waals surface area (Å²) in [6, 6.07) is 6.71. The Balaban J connectivity index is 1.65. The number of aryl methyl sites for hydroxylation is 1. The maximum absolute atomic E-state index is 13.6. The van der Waals surface area contributed by atoms with Crippen LogP contribution in [0, 0.1) is 6.92 Å². The van der Waals surface area contributed by atoms with Crippen LogP contribution in [-0.2, 0) is 25.2 Å². The van der Waals surface area contributed by atoms with Gasteiger partial charge in [0.15, 0.2) is 0 Å². The fourth-order valence-electron chi connectivity index (χ4n) is 3.83. The van der Waals surface area contributed by atoms with Crippen LogP contribution in [0.1, 0.15) is 28.2 Å². The van der Waals surface area contributed by atoms with E-state index < -0.39 is 28.9 Å². The minimum Gasteiger partial charge on any atom is -0.344 e. The quantitative estimate of drug-likeness (QED) is 0.351. The van der Waals surface area contributed by atoms with Gasteiger partial charge in [-0.2, -0.15) is 39.0 Å². The van der Waals surface area contributed by atoms with Gasteiger partial charge in [0.1, 0.15) is 17.5 Å². The fourth-order valence-corrected chi connectivity index (χ4v) is 4.22. The molecule has 0 spiro atoms. The average molecular weight is 499 g/mol. The average Bonchev–Trinajstić information content (AvgIpc) is 2.91. The van der Waals surface area contributed by atoms with E-state index in [4.69, 9.17) is 0 Å². The van der Waals surface area contributed by atoms with Gasteiger partial charge in [-0.15, -0.1) is 0 Å². The number of pyridine rings is 1. The second-order valence-corrected chi connectivity index (χ2v) is 8.34. The van der Waals surface area contributed by atoms with E-state index in [0.29, 0.717) is 28.6 Å². The van der Waals surface area contributed by atoms with Crippen LogP contribution < -0.4 is 10.2 Å². The molecule has 1 N–H and O–H groups in total. The molecule has 1 aliphatic rings. The highest BCUT2D eigenvalue weighted by molar-refractivity contribution is 7.81. The molecule has 1 aliphatic heterocycles. The number of fused-ring (bicyclic) bond motifs is 1. The van der Waals surface area contributed by atoms with Gasteiger partial charge in [-0.05, 0) is 49.7 Å². The highest BCUT2D eigenvalue weighted by Crippen LogP contribution is 2.38. The highest BCUT2D eigenvalue weighted by atomic mass is 32.1. The molecule has 180 valence electrons. The Hall–Kier alpha value is -3.02. The first-order valence-electron chi connectivity index (χ1n) is 10.2. The fraction of sp³-hybridized carbons (Fsp3) is 0.318. The Morgan fingerprint density at radius 2 is 1.71 bits per heavy atom. The SMILES string of the molecule is Cc1nc2c(c(Nc3ccc(C(F)(F)F)cc3)n1)CCN(c1ncccc1C(F)(F)F)C(S)C2. The van der Waals surface area contributed by atoms with Crippen molar-refractivity contribution in [1.82, 2.24) is 15.0 Å². The number of halogens is 6. The van der Waals surface area contributed by atoms with Crippen LogP contribution in [0.3, 0.4) is 0 Å². The van der Waals surface area contributed by atoms with E-state index in [1.165, 1.54) is 29.3 Å². The van der Waals surface area contributed by atoms with E-state index in [-0.39, 0.29) is 25.2 Å². The zero-order valence-corrected chi connectivity index (χ0v) is 18.6. The Bertz CT molecular complexity index is 1180. The first-order chi connectivity index (χ1) is 15.9. The molecule has 4 rings (SSSR count). The van der Waals surface area contributed by atoms with Crippen LogP contribution in [0.4, 0.5) is 43.7 Å². The molecule has 0 saturated carbocycles. The molecule has 2 aromatic heterocycles. The number of thiol groups is 1. The summed E-state index contributed by atoms with van der Waals surface area (Å²) in [6.45, 7) is 1.82. The van der Waals surface area contributed by atoms with Gasteiger partial charge in [0.05, 0.1) is 22.2 Å². The Kier molecular flexibility index (Phi) is 6.36. The third-order valence-corrected chi connectivity index (χ3v) is 5.84. The van der Waals surface area contributed by atoms with Crippen LogP contribution in [-0.4, -0.2) is 26.9 Å². The van der Waals surface area contributed by atoms with Crippen molar-refractivity contribution in [2.45, 2.75) is 37.5 Å². The minimum absolute atomic E-state index is 0.162. The summed E-state index contributed by atoms with van der Waals surface area (Å²) in [4.78, 5) is 14.3. The lowest BCUT2D eigenvalue weighted by Crippen LogP contribution is -2.35. The van der Waals surface area contributed by atoms with Crippen molar-refractivity contribution < 1.29 is 26.3 Å². The lowest BCUT2D eigenvalue weighted by molar-refractivity contribution is -0.138. The number of alkyl halides is 6. The number of rotatable bonds is 3. The second-order valence-electron chi connectivity index (χ2n) is 7.75. The van der Waals surface area contributed by atoms with Crippen LogP contribution in [0.25, 0.3) is 0 Å². The molecule has 34 heavy (non-hydrogen) atoms. The highest BCUT2D eigenvalue weighted by Gasteiger charge is 2.37. The van der Waals surface area contributed by atoms with E-state index >= 15 is 0 Å². The number of aromatic nitrogens is 3. The van der Waals surface area contributed by atoms with Crippen molar-refractivity contribution in [3.05, 3.63) is 70.8 Å². The maximum Gasteiger partial charge on any atom is 0.419 e. The topological polar surface area (TPSA) is 53.9 Å². The standard InChI is InChI=1S/C22H19F6N5S/c1-12-30-17-11-18(34)33(20-16(22(26,27)28)3-2-9-29-20)10-8-15(17)19(31-12)32-14-6-4-13(5-7-14)21(23,24)25/h2-7,9,18,34H,8,10-11H2,1H3,(H,30,31,32). The van der Waals surface area contributed by atoms with Crippen molar-refractivity contribution in [3.8, 4) is 0 Å². The summed E-state index contributed by atoms with van der Waals surface area (Å²) in [5.41, 5.74) is 0.0249. The lowest BCUT2D eigenvalue weighted by Gasteiger charge is -2.29. The number of anilines is 3. The molecule has 3 heterocycles. The van der Waals surface area contributed by atoms with Crippen LogP contribution in [0.15, 0.2) is 42.6 Å². The molecular weight excluding hydrogens is 480 g/mol. The molecule has 0 radical (unpaired) electrons. The van der Waals surface area contributed by atoms with Crippen molar-refractivity contribution in [2.75, 3.05) is 16.8 Å². The van der Waals surface area contributed by atoms with Crippen LogP contribution >= 0.6 is 12.6 Å². The van der Waals surface area contributed by atoms with Gasteiger partial charge in [-0.25, -0.2) is 15.0 Å². The first kappa shape index (κ1) is 24.1. The Morgan fingerprint density at radius 1 is 1.00 bits per heavy atom. The van der Waals surface area contributed by atoms with Gasteiger partial charge < -0.3 is 10.2 Å². The zero-order valence-electron chi connectivity index (χ0n) is 17.7. The predicted octanol–water partition coefficient (Wildman–Crippen LogP) is 5.82. The smallest absolute Gasteiger partial charge is 0.344 e. The minimum atomic E-state index is -4.58. The van der Waals surface area contributed by atoms with Gasteiger partial charge in [0.25, 0.3) is 0 Å². The number of nitrogens with one attached hydrogen (secondary N) is 1. The molecule has 0 aliphatic carbocycles. The molecule has 1 unspecified atom stereocenters. The van der Waals surface area contributed by atoms with Crippen LogP contribution in [0.5, 0.6) is 0 Å². The summed E-state index contributed by atoms with van der Waals surface area (Å²) in [5.74, 6) is 0.586. The Morgan fingerprint density at radius 3 is 2.35 bits per heavy atom. The summed E-state index contributed by atoms with van der Waals surface area (Å²) < 4.78 is 79.3. The summed E-state index contributed by atoms with van der Waals surface area (Å²) >= 11 is 4.54. The third-order valence-electron chi connectivity index (χ3n) is 5.38. The predicted molar refractivity (Wildman–Crippen MR) is 118 cm³/mol. The van der Waals surface area contributed by atoms with Crippen molar-refractivity contribution in [2.24, 2.45) is 0 Å². The van der Waals surface area contributed by atoms with Gasteiger partial charge >= 0.3 is 12.4 Å². The molecule has 5 nitrogen and oxygen atoms in total. The van der Waals surface area contributed by atoms with Gasteiger partial charge in [0, 0.05) is 30.4 Å². The van der Waals surface area contributed by atoms with Crippen molar-refractivity contribution >= 4 is 30.0 Å². The van der Waals surface area contributed by atoms with E-state index in [9.17, 15) is 26.3 Å².